The van der Waals surface area contributed by atoms with Gasteiger partial charge in [0.1, 0.15) is 5.60 Å². The lowest BCUT2D eigenvalue weighted by Gasteiger charge is -2.27. The molecule has 2 rings (SSSR count). The van der Waals surface area contributed by atoms with Gasteiger partial charge in [0.05, 0.1) is 5.56 Å². The van der Waals surface area contributed by atoms with Gasteiger partial charge in [0.2, 0.25) is 0 Å². The van der Waals surface area contributed by atoms with E-state index >= 15 is 0 Å². The van der Waals surface area contributed by atoms with Gasteiger partial charge in [-0.1, -0.05) is 69.3 Å². The zero-order chi connectivity index (χ0) is 17.8. The highest BCUT2D eigenvalue weighted by Crippen LogP contribution is 2.28. The fourth-order valence-corrected chi connectivity index (χ4v) is 2.76. The zero-order valence-electron chi connectivity index (χ0n) is 15.4. The number of aryl methyl sites for hydroxylation is 1. The summed E-state index contributed by atoms with van der Waals surface area (Å²) < 4.78 is 5.84. The Morgan fingerprint density at radius 3 is 2.08 bits per heavy atom. The summed E-state index contributed by atoms with van der Waals surface area (Å²) in [5, 5.41) is 0. The summed E-state index contributed by atoms with van der Waals surface area (Å²) in [6.07, 6.45) is 1.68. The lowest BCUT2D eigenvalue weighted by atomic mass is 9.84. The SMILES string of the molecule is CC(C)(CCc1ccccc1)OC(=O)c1ccccc1C(C)(C)C. The Morgan fingerprint density at radius 1 is 0.875 bits per heavy atom. The van der Waals surface area contributed by atoms with Gasteiger partial charge in [0.25, 0.3) is 0 Å². The fourth-order valence-electron chi connectivity index (χ4n) is 2.76. The van der Waals surface area contributed by atoms with E-state index in [0.29, 0.717) is 5.56 Å². The van der Waals surface area contributed by atoms with Crippen LogP contribution in [0.2, 0.25) is 0 Å². The topological polar surface area (TPSA) is 26.3 Å². The van der Waals surface area contributed by atoms with Gasteiger partial charge in [-0.3, -0.25) is 0 Å². The van der Waals surface area contributed by atoms with Crippen molar-refractivity contribution in [2.75, 3.05) is 0 Å². The van der Waals surface area contributed by atoms with Gasteiger partial charge in [0.15, 0.2) is 0 Å². The molecule has 0 aliphatic heterocycles. The Morgan fingerprint density at radius 2 is 1.46 bits per heavy atom. The number of ether oxygens (including phenoxy) is 1. The molecule has 0 aromatic heterocycles. The molecule has 2 aromatic carbocycles. The molecular weight excluding hydrogens is 296 g/mol. The maximum atomic E-state index is 12.7. The minimum absolute atomic E-state index is 0.0935. The van der Waals surface area contributed by atoms with E-state index in [1.54, 1.807) is 0 Å². The number of esters is 1. The van der Waals surface area contributed by atoms with Gasteiger partial charge in [-0.15, -0.1) is 0 Å². The van der Waals surface area contributed by atoms with Crippen molar-refractivity contribution in [1.82, 2.24) is 0 Å². The van der Waals surface area contributed by atoms with Crippen LogP contribution in [0.15, 0.2) is 54.6 Å². The van der Waals surface area contributed by atoms with Gasteiger partial charge in [0, 0.05) is 0 Å². The number of hydrogen-bond donors (Lipinski definition) is 0. The van der Waals surface area contributed by atoms with Crippen molar-refractivity contribution in [2.24, 2.45) is 0 Å². The first-order valence-electron chi connectivity index (χ1n) is 8.56. The highest BCUT2D eigenvalue weighted by molar-refractivity contribution is 5.91. The normalized spacial score (nSPS) is 12.0. The first kappa shape index (κ1) is 18.3. The Labute approximate surface area is 145 Å². The molecule has 0 aliphatic rings. The molecule has 24 heavy (non-hydrogen) atoms. The summed E-state index contributed by atoms with van der Waals surface area (Å²) in [6.45, 7) is 10.3. The maximum Gasteiger partial charge on any atom is 0.338 e. The van der Waals surface area contributed by atoms with E-state index in [1.807, 2.05) is 56.3 Å². The van der Waals surface area contributed by atoms with Crippen LogP contribution in [0, 0.1) is 0 Å². The van der Waals surface area contributed by atoms with Crippen molar-refractivity contribution in [3.63, 3.8) is 0 Å². The van der Waals surface area contributed by atoms with Crippen LogP contribution in [-0.4, -0.2) is 11.6 Å². The highest BCUT2D eigenvalue weighted by atomic mass is 16.6. The van der Waals surface area contributed by atoms with E-state index in [9.17, 15) is 4.79 Å². The first-order chi connectivity index (χ1) is 11.2. The molecule has 2 aromatic rings. The van der Waals surface area contributed by atoms with E-state index in [4.69, 9.17) is 4.74 Å². The van der Waals surface area contributed by atoms with E-state index in [0.717, 1.165) is 18.4 Å². The minimum atomic E-state index is -0.502. The van der Waals surface area contributed by atoms with Crippen LogP contribution in [0.3, 0.4) is 0 Å². The Balaban J connectivity index is 2.08. The minimum Gasteiger partial charge on any atom is -0.456 e. The average Bonchev–Trinajstić information content (AvgIpc) is 2.53. The summed E-state index contributed by atoms with van der Waals surface area (Å²) in [5.74, 6) is -0.237. The number of carbonyl (C=O) groups is 1. The third-order valence-corrected chi connectivity index (χ3v) is 4.18. The van der Waals surface area contributed by atoms with Crippen LogP contribution in [-0.2, 0) is 16.6 Å². The summed E-state index contributed by atoms with van der Waals surface area (Å²) in [6, 6.07) is 18.0. The first-order valence-corrected chi connectivity index (χ1v) is 8.56. The predicted molar refractivity (Wildman–Crippen MR) is 99.4 cm³/mol. The van der Waals surface area contributed by atoms with Crippen molar-refractivity contribution < 1.29 is 9.53 Å². The molecule has 0 bridgehead atoms. The van der Waals surface area contributed by atoms with E-state index in [-0.39, 0.29) is 11.4 Å². The van der Waals surface area contributed by atoms with Gasteiger partial charge in [-0.2, -0.15) is 0 Å². The van der Waals surface area contributed by atoms with Crippen LogP contribution in [0.4, 0.5) is 0 Å². The zero-order valence-corrected chi connectivity index (χ0v) is 15.4. The lowest BCUT2D eigenvalue weighted by molar-refractivity contribution is -0.00457. The van der Waals surface area contributed by atoms with Gasteiger partial charge in [-0.05, 0) is 49.3 Å². The van der Waals surface area contributed by atoms with Crippen LogP contribution in [0.5, 0.6) is 0 Å². The molecule has 0 spiro atoms. The van der Waals surface area contributed by atoms with Crippen LogP contribution < -0.4 is 0 Å². The van der Waals surface area contributed by atoms with Crippen molar-refractivity contribution >= 4 is 5.97 Å². The van der Waals surface area contributed by atoms with Gasteiger partial charge < -0.3 is 4.74 Å². The average molecular weight is 324 g/mol. The molecule has 0 radical (unpaired) electrons. The van der Waals surface area contributed by atoms with E-state index in [1.165, 1.54) is 5.56 Å². The second-order valence-electron chi connectivity index (χ2n) is 7.93. The number of rotatable bonds is 5. The predicted octanol–water partition coefficient (Wildman–Crippen LogP) is 5.55. The molecule has 0 saturated heterocycles. The molecular formula is C22H28O2. The second kappa shape index (κ2) is 7.21. The third kappa shape index (κ3) is 4.95. The van der Waals surface area contributed by atoms with Crippen LogP contribution in [0.1, 0.15) is 62.5 Å². The Kier molecular flexibility index (Phi) is 5.48. The van der Waals surface area contributed by atoms with Crippen molar-refractivity contribution in [2.45, 2.75) is 58.5 Å². The van der Waals surface area contributed by atoms with Crippen molar-refractivity contribution in [1.29, 1.82) is 0 Å². The van der Waals surface area contributed by atoms with E-state index in [2.05, 4.69) is 32.9 Å². The summed E-state index contributed by atoms with van der Waals surface area (Å²) in [5.41, 5.74) is 2.35. The van der Waals surface area contributed by atoms with Crippen LogP contribution >= 0.6 is 0 Å². The quantitative estimate of drug-likeness (QED) is 0.674. The second-order valence-corrected chi connectivity index (χ2v) is 7.93. The molecule has 2 heteroatoms. The summed E-state index contributed by atoms with van der Waals surface area (Å²) in [7, 11) is 0. The molecule has 0 N–H and O–H groups in total. The summed E-state index contributed by atoms with van der Waals surface area (Å²) in [4.78, 5) is 12.7. The van der Waals surface area contributed by atoms with E-state index < -0.39 is 5.60 Å². The monoisotopic (exact) mass is 324 g/mol. The molecule has 0 fully saturated rings. The van der Waals surface area contributed by atoms with Crippen molar-refractivity contribution in [3.05, 3.63) is 71.3 Å². The molecule has 0 aliphatic carbocycles. The molecule has 0 amide bonds. The summed E-state index contributed by atoms with van der Waals surface area (Å²) >= 11 is 0. The third-order valence-electron chi connectivity index (χ3n) is 4.18. The van der Waals surface area contributed by atoms with Crippen molar-refractivity contribution in [3.8, 4) is 0 Å². The number of hydrogen-bond acceptors (Lipinski definition) is 2. The Hall–Kier alpha value is -2.09. The van der Waals surface area contributed by atoms with Gasteiger partial charge in [-0.25, -0.2) is 4.79 Å². The molecule has 0 atom stereocenters. The maximum absolute atomic E-state index is 12.7. The molecule has 128 valence electrons. The van der Waals surface area contributed by atoms with Gasteiger partial charge >= 0.3 is 5.97 Å². The fraction of sp³-hybridized carbons (Fsp3) is 0.409. The van der Waals surface area contributed by atoms with Crippen LogP contribution in [0.25, 0.3) is 0 Å². The number of benzene rings is 2. The molecule has 0 saturated carbocycles. The smallest absolute Gasteiger partial charge is 0.338 e. The Bertz CT molecular complexity index is 679. The lowest BCUT2D eigenvalue weighted by Crippen LogP contribution is -2.30. The molecule has 0 unspecified atom stereocenters. The number of carbonyl (C=O) groups excluding carboxylic acids is 1. The standard InChI is InChI=1S/C22H28O2/c1-21(2,3)19-14-10-9-13-18(19)20(23)24-22(4,5)16-15-17-11-7-6-8-12-17/h6-14H,15-16H2,1-5H3. The highest BCUT2D eigenvalue weighted by Gasteiger charge is 2.27. The largest absolute Gasteiger partial charge is 0.456 e. The molecule has 2 nitrogen and oxygen atoms in total. The molecule has 0 heterocycles.